The highest BCUT2D eigenvalue weighted by Crippen LogP contribution is 2.15. The van der Waals surface area contributed by atoms with Crippen LogP contribution in [-0.2, 0) is 6.54 Å². The maximum atomic E-state index is 13.4. The van der Waals surface area contributed by atoms with Gasteiger partial charge < -0.3 is 5.32 Å². The van der Waals surface area contributed by atoms with Crippen LogP contribution in [0.5, 0.6) is 0 Å². The van der Waals surface area contributed by atoms with Crippen molar-refractivity contribution < 1.29 is 9.18 Å². The first-order valence-corrected chi connectivity index (χ1v) is 6.98. The Morgan fingerprint density at radius 1 is 1.45 bits per heavy atom. The number of fused-ring (bicyclic) bond motifs is 1. The molecule has 3 rings (SSSR count). The van der Waals surface area contributed by atoms with Crippen molar-refractivity contribution in [2.75, 3.05) is 0 Å². The van der Waals surface area contributed by atoms with Gasteiger partial charge in [0.2, 0.25) is 0 Å². The number of nitrogens with one attached hydrogen (secondary N) is 1. The zero-order valence-corrected chi connectivity index (χ0v) is 11.6. The molecule has 2 heterocycles. The maximum Gasteiger partial charge on any atom is 0.271 e. The summed E-state index contributed by atoms with van der Waals surface area (Å²) in [4.78, 5) is 17.0. The Bertz CT molecular complexity index is 778. The molecule has 102 valence electrons. The minimum atomic E-state index is -0.325. The number of rotatable bonds is 3. The van der Waals surface area contributed by atoms with Gasteiger partial charge in [-0.05, 0) is 13.0 Å². The number of carbonyl (C=O) groups is 1. The number of hydrogen-bond donors (Lipinski definition) is 1. The fourth-order valence-electron chi connectivity index (χ4n) is 1.91. The van der Waals surface area contributed by atoms with E-state index in [4.69, 9.17) is 0 Å². The lowest BCUT2D eigenvalue weighted by Gasteiger charge is -2.04. The van der Waals surface area contributed by atoms with Crippen LogP contribution < -0.4 is 5.32 Å². The molecule has 0 saturated heterocycles. The first-order valence-electron chi connectivity index (χ1n) is 6.10. The average molecular weight is 289 g/mol. The van der Waals surface area contributed by atoms with Crippen molar-refractivity contribution in [1.82, 2.24) is 14.7 Å². The van der Waals surface area contributed by atoms with Crippen LogP contribution in [-0.4, -0.2) is 15.3 Å². The van der Waals surface area contributed by atoms with E-state index in [2.05, 4.69) is 10.3 Å². The van der Waals surface area contributed by atoms with Crippen molar-refractivity contribution in [2.45, 2.75) is 13.5 Å². The van der Waals surface area contributed by atoms with Crippen molar-refractivity contribution in [3.05, 3.63) is 58.6 Å². The number of benzene rings is 1. The van der Waals surface area contributed by atoms with Gasteiger partial charge in [-0.15, -0.1) is 11.3 Å². The standard InChI is InChI=1S/C14H12FN3OS/c1-9-8-20-14-17-12(7-18(9)14)13(19)16-6-10-4-2-3-5-11(10)15/h2-5,7-8H,6H2,1H3,(H,16,19). The van der Waals surface area contributed by atoms with Gasteiger partial charge in [-0.25, -0.2) is 9.37 Å². The van der Waals surface area contributed by atoms with Crippen LogP contribution in [0.1, 0.15) is 21.7 Å². The van der Waals surface area contributed by atoms with Crippen molar-refractivity contribution in [3.63, 3.8) is 0 Å². The molecule has 1 aromatic carbocycles. The summed E-state index contributed by atoms with van der Waals surface area (Å²) in [6.45, 7) is 2.10. The molecule has 1 amide bonds. The Kier molecular flexibility index (Phi) is 3.23. The molecule has 6 heteroatoms. The summed E-state index contributed by atoms with van der Waals surface area (Å²) in [5, 5.41) is 4.65. The highest BCUT2D eigenvalue weighted by molar-refractivity contribution is 7.15. The van der Waals surface area contributed by atoms with E-state index in [1.807, 2.05) is 16.7 Å². The number of hydrogen-bond acceptors (Lipinski definition) is 3. The smallest absolute Gasteiger partial charge is 0.271 e. The Balaban J connectivity index is 1.74. The number of aryl methyl sites for hydroxylation is 1. The third-order valence-electron chi connectivity index (χ3n) is 3.02. The Morgan fingerprint density at radius 2 is 2.25 bits per heavy atom. The van der Waals surface area contributed by atoms with E-state index in [0.29, 0.717) is 11.3 Å². The van der Waals surface area contributed by atoms with E-state index in [9.17, 15) is 9.18 Å². The average Bonchev–Trinajstić information content (AvgIpc) is 3.00. The summed E-state index contributed by atoms with van der Waals surface area (Å²) in [6, 6.07) is 6.37. The normalized spacial score (nSPS) is 10.9. The Labute approximate surface area is 118 Å². The van der Waals surface area contributed by atoms with Gasteiger partial charge in [0, 0.05) is 29.4 Å². The summed E-state index contributed by atoms with van der Waals surface area (Å²) < 4.78 is 15.3. The lowest BCUT2D eigenvalue weighted by Crippen LogP contribution is -2.23. The zero-order valence-electron chi connectivity index (χ0n) is 10.8. The fourth-order valence-corrected chi connectivity index (χ4v) is 2.76. The van der Waals surface area contributed by atoms with E-state index in [1.165, 1.54) is 17.4 Å². The van der Waals surface area contributed by atoms with E-state index in [-0.39, 0.29) is 18.3 Å². The first-order chi connectivity index (χ1) is 9.65. The monoisotopic (exact) mass is 289 g/mol. The van der Waals surface area contributed by atoms with Gasteiger partial charge in [-0.2, -0.15) is 0 Å². The van der Waals surface area contributed by atoms with Crippen molar-refractivity contribution in [3.8, 4) is 0 Å². The van der Waals surface area contributed by atoms with Gasteiger partial charge in [0.25, 0.3) is 5.91 Å². The molecule has 0 aliphatic rings. The molecule has 0 bridgehead atoms. The molecule has 0 saturated carbocycles. The van der Waals surface area contributed by atoms with E-state index in [1.54, 1.807) is 24.4 Å². The molecular weight excluding hydrogens is 277 g/mol. The molecule has 1 N–H and O–H groups in total. The quantitative estimate of drug-likeness (QED) is 0.806. The Morgan fingerprint density at radius 3 is 3.00 bits per heavy atom. The van der Waals surface area contributed by atoms with Gasteiger partial charge >= 0.3 is 0 Å². The lowest BCUT2D eigenvalue weighted by molar-refractivity contribution is 0.0946. The molecule has 3 aromatic rings. The molecule has 2 aromatic heterocycles. The molecule has 0 fully saturated rings. The van der Waals surface area contributed by atoms with Gasteiger partial charge in [0.05, 0.1) is 0 Å². The molecule has 0 spiro atoms. The van der Waals surface area contributed by atoms with Crippen LogP contribution in [0.25, 0.3) is 4.96 Å². The third kappa shape index (κ3) is 2.30. The summed E-state index contributed by atoms with van der Waals surface area (Å²) in [5.41, 5.74) is 1.83. The van der Waals surface area contributed by atoms with Gasteiger partial charge in [0.15, 0.2) is 4.96 Å². The fraction of sp³-hybridized carbons (Fsp3) is 0.143. The van der Waals surface area contributed by atoms with Gasteiger partial charge in [-0.1, -0.05) is 18.2 Å². The minimum Gasteiger partial charge on any atom is -0.346 e. The van der Waals surface area contributed by atoms with Gasteiger partial charge in [0.1, 0.15) is 11.5 Å². The van der Waals surface area contributed by atoms with E-state index >= 15 is 0 Å². The summed E-state index contributed by atoms with van der Waals surface area (Å²) >= 11 is 1.48. The minimum absolute atomic E-state index is 0.148. The van der Waals surface area contributed by atoms with Crippen LogP contribution in [0.2, 0.25) is 0 Å². The van der Waals surface area contributed by atoms with Crippen molar-refractivity contribution >= 4 is 22.2 Å². The molecule has 0 radical (unpaired) electrons. The number of nitrogens with zero attached hydrogens (tertiary/aromatic N) is 2. The summed E-state index contributed by atoms with van der Waals surface area (Å²) in [7, 11) is 0. The highest BCUT2D eigenvalue weighted by Gasteiger charge is 2.13. The summed E-state index contributed by atoms with van der Waals surface area (Å²) in [5.74, 6) is -0.627. The van der Waals surface area contributed by atoms with Crippen molar-refractivity contribution in [1.29, 1.82) is 0 Å². The molecule has 4 nitrogen and oxygen atoms in total. The van der Waals surface area contributed by atoms with Crippen LogP contribution in [0.3, 0.4) is 0 Å². The Hall–Kier alpha value is -2.21. The third-order valence-corrected chi connectivity index (χ3v) is 3.98. The van der Waals surface area contributed by atoms with E-state index in [0.717, 1.165) is 10.7 Å². The van der Waals surface area contributed by atoms with Crippen LogP contribution in [0.4, 0.5) is 4.39 Å². The maximum absolute atomic E-state index is 13.4. The second-order valence-corrected chi connectivity index (χ2v) is 5.27. The second-order valence-electron chi connectivity index (χ2n) is 4.43. The second kappa shape index (κ2) is 5.05. The SMILES string of the molecule is Cc1csc2nc(C(=O)NCc3ccccc3F)cn12. The number of halogens is 1. The van der Waals surface area contributed by atoms with Crippen LogP contribution in [0, 0.1) is 12.7 Å². The van der Waals surface area contributed by atoms with Gasteiger partial charge in [-0.3, -0.25) is 9.20 Å². The number of carbonyl (C=O) groups excluding carboxylic acids is 1. The van der Waals surface area contributed by atoms with Crippen LogP contribution in [0.15, 0.2) is 35.8 Å². The lowest BCUT2D eigenvalue weighted by atomic mass is 10.2. The number of imidazole rings is 1. The predicted molar refractivity (Wildman–Crippen MR) is 75.4 cm³/mol. The molecule has 20 heavy (non-hydrogen) atoms. The summed E-state index contributed by atoms with van der Waals surface area (Å²) in [6.07, 6.45) is 1.69. The highest BCUT2D eigenvalue weighted by atomic mass is 32.1. The zero-order chi connectivity index (χ0) is 14.1. The number of aromatic nitrogens is 2. The van der Waals surface area contributed by atoms with Crippen molar-refractivity contribution in [2.24, 2.45) is 0 Å². The molecular formula is C14H12FN3OS. The molecule has 0 atom stereocenters. The first kappa shape index (κ1) is 12.8. The van der Waals surface area contributed by atoms with Crippen LogP contribution >= 0.6 is 11.3 Å². The molecule has 0 aliphatic carbocycles. The van der Waals surface area contributed by atoms with E-state index < -0.39 is 0 Å². The largest absolute Gasteiger partial charge is 0.346 e. The topological polar surface area (TPSA) is 46.4 Å². The number of thiazole rings is 1. The molecule has 0 unspecified atom stereocenters. The molecule has 0 aliphatic heterocycles. The number of amides is 1. The predicted octanol–water partition coefficient (Wildman–Crippen LogP) is 2.77.